The third-order valence-corrected chi connectivity index (χ3v) is 2.16. The quantitative estimate of drug-likeness (QED) is 0.914. The molecule has 1 heterocycles. The van der Waals surface area contributed by atoms with Crippen LogP contribution in [0.5, 0.6) is 0 Å². The molecule has 0 bridgehead atoms. The standard InChI is InChI=1S/C7H9BrF3N3/c8-5-4-14(3-1-2-12)13-6(5)7(9,10)11/h4H,1-3,12H2. The summed E-state index contributed by atoms with van der Waals surface area (Å²) in [6, 6.07) is 0. The molecule has 1 rings (SSSR count). The van der Waals surface area contributed by atoms with Crippen LogP contribution in [-0.2, 0) is 12.7 Å². The van der Waals surface area contributed by atoms with E-state index in [-0.39, 0.29) is 4.47 Å². The minimum atomic E-state index is -4.41. The summed E-state index contributed by atoms with van der Waals surface area (Å²) in [5.74, 6) is 0. The van der Waals surface area contributed by atoms with E-state index in [1.54, 1.807) is 0 Å². The van der Waals surface area contributed by atoms with Crippen molar-refractivity contribution in [2.24, 2.45) is 5.73 Å². The van der Waals surface area contributed by atoms with E-state index in [2.05, 4.69) is 21.0 Å². The van der Waals surface area contributed by atoms with Crippen molar-refractivity contribution in [3.05, 3.63) is 16.4 Å². The fourth-order valence-electron chi connectivity index (χ4n) is 0.957. The van der Waals surface area contributed by atoms with Gasteiger partial charge in [0.2, 0.25) is 0 Å². The van der Waals surface area contributed by atoms with E-state index in [0.29, 0.717) is 19.5 Å². The van der Waals surface area contributed by atoms with Gasteiger partial charge in [0.15, 0.2) is 5.69 Å². The third kappa shape index (κ3) is 2.71. The second-order valence-corrected chi connectivity index (χ2v) is 3.58. The van der Waals surface area contributed by atoms with Crippen molar-refractivity contribution < 1.29 is 13.2 Å². The Morgan fingerprint density at radius 2 is 2.14 bits per heavy atom. The lowest BCUT2D eigenvalue weighted by Crippen LogP contribution is -2.10. The Bertz CT molecular complexity index is 308. The van der Waals surface area contributed by atoms with Gasteiger partial charge in [0.25, 0.3) is 0 Å². The van der Waals surface area contributed by atoms with Crippen LogP contribution >= 0.6 is 15.9 Å². The summed E-state index contributed by atoms with van der Waals surface area (Å²) in [6.45, 7) is 0.823. The van der Waals surface area contributed by atoms with Crippen LogP contribution in [0.4, 0.5) is 13.2 Å². The highest BCUT2D eigenvalue weighted by Crippen LogP contribution is 2.33. The normalized spacial score (nSPS) is 12.1. The summed E-state index contributed by atoms with van der Waals surface area (Å²) in [5, 5.41) is 3.41. The van der Waals surface area contributed by atoms with E-state index >= 15 is 0 Å². The van der Waals surface area contributed by atoms with E-state index in [1.807, 2.05) is 0 Å². The van der Waals surface area contributed by atoms with Crippen molar-refractivity contribution >= 4 is 15.9 Å². The summed E-state index contributed by atoms with van der Waals surface area (Å²) in [6.07, 6.45) is -2.50. The van der Waals surface area contributed by atoms with Gasteiger partial charge in [-0.05, 0) is 28.9 Å². The lowest BCUT2D eigenvalue weighted by atomic mass is 10.4. The maximum atomic E-state index is 12.3. The van der Waals surface area contributed by atoms with Crippen LogP contribution in [0, 0.1) is 0 Å². The topological polar surface area (TPSA) is 43.8 Å². The van der Waals surface area contributed by atoms with Gasteiger partial charge in [-0.15, -0.1) is 0 Å². The first-order valence-electron chi connectivity index (χ1n) is 3.95. The summed E-state index contributed by atoms with van der Waals surface area (Å²) < 4.78 is 38.0. The van der Waals surface area contributed by atoms with Gasteiger partial charge in [-0.2, -0.15) is 18.3 Å². The lowest BCUT2D eigenvalue weighted by Gasteiger charge is -2.02. The molecule has 80 valence electrons. The molecule has 0 radical (unpaired) electrons. The molecule has 3 nitrogen and oxygen atoms in total. The molecule has 0 saturated carbocycles. The molecule has 7 heteroatoms. The first kappa shape index (κ1) is 11.5. The Kier molecular flexibility index (Phi) is 3.54. The molecule has 0 fully saturated rings. The SMILES string of the molecule is NCCCn1cc(Br)c(C(F)(F)F)n1. The molecule has 0 spiro atoms. The van der Waals surface area contributed by atoms with E-state index < -0.39 is 11.9 Å². The second-order valence-electron chi connectivity index (χ2n) is 2.73. The van der Waals surface area contributed by atoms with Crippen LogP contribution in [0.2, 0.25) is 0 Å². The number of alkyl halides is 3. The molecule has 0 aliphatic heterocycles. The molecule has 0 aliphatic rings. The molecule has 1 aromatic heterocycles. The van der Waals surface area contributed by atoms with Crippen LogP contribution in [0.15, 0.2) is 10.7 Å². The maximum absolute atomic E-state index is 12.3. The minimum Gasteiger partial charge on any atom is -0.330 e. The van der Waals surface area contributed by atoms with Gasteiger partial charge in [0, 0.05) is 12.7 Å². The zero-order chi connectivity index (χ0) is 10.8. The Morgan fingerprint density at radius 1 is 1.50 bits per heavy atom. The molecular weight excluding hydrogens is 263 g/mol. The number of rotatable bonds is 3. The molecule has 2 N–H and O–H groups in total. The van der Waals surface area contributed by atoms with Crippen molar-refractivity contribution in [3.8, 4) is 0 Å². The number of halogens is 4. The summed E-state index contributed by atoms with van der Waals surface area (Å²) in [4.78, 5) is 0. The first-order valence-corrected chi connectivity index (χ1v) is 4.74. The van der Waals surface area contributed by atoms with E-state index in [1.165, 1.54) is 10.9 Å². The number of hydrogen-bond acceptors (Lipinski definition) is 2. The highest BCUT2D eigenvalue weighted by molar-refractivity contribution is 9.10. The minimum absolute atomic E-state index is 0.0398. The van der Waals surface area contributed by atoms with Crippen molar-refractivity contribution in [1.29, 1.82) is 0 Å². The predicted octanol–water partition coefficient (Wildman–Crippen LogP) is 2.01. The van der Waals surface area contributed by atoms with Crippen molar-refractivity contribution in [1.82, 2.24) is 9.78 Å². The monoisotopic (exact) mass is 271 g/mol. The van der Waals surface area contributed by atoms with Gasteiger partial charge < -0.3 is 5.73 Å². The molecule has 1 aromatic rings. The number of nitrogens with two attached hydrogens (primary N) is 1. The number of nitrogens with zero attached hydrogens (tertiary/aromatic N) is 2. The second kappa shape index (κ2) is 4.31. The highest BCUT2D eigenvalue weighted by atomic mass is 79.9. The average molecular weight is 272 g/mol. The fourth-order valence-corrected chi connectivity index (χ4v) is 1.50. The van der Waals surface area contributed by atoms with Gasteiger partial charge >= 0.3 is 6.18 Å². The van der Waals surface area contributed by atoms with E-state index in [0.717, 1.165) is 0 Å². The lowest BCUT2D eigenvalue weighted by molar-refractivity contribution is -0.142. The van der Waals surface area contributed by atoms with Crippen LogP contribution in [0.25, 0.3) is 0 Å². The molecule has 14 heavy (non-hydrogen) atoms. The summed E-state index contributed by atoms with van der Waals surface area (Å²) >= 11 is 2.81. The van der Waals surface area contributed by atoms with E-state index in [9.17, 15) is 13.2 Å². The largest absolute Gasteiger partial charge is 0.436 e. The Labute approximate surface area is 87.2 Å². The van der Waals surface area contributed by atoms with Crippen LogP contribution < -0.4 is 5.73 Å². The zero-order valence-electron chi connectivity index (χ0n) is 7.18. The molecule has 0 saturated heterocycles. The molecular formula is C7H9BrF3N3. The van der Waals surface area contributed by atoms with Crippen LogP contribution in [-0.4, -0.2) is 16.3 Å². The molecule has 0 aromatic carbocycles. The molecule has 0 amide bonds. The summed E-state index contributed by atoms with van der Waals surface area (Å²) in [7, 11) is 0. The number of aryl methyl sites for hydroxylation is 1. The fraction of sp³-hybridized carbons (Fsp3) is 0.571. The highest BCUT2D eigenvalue weighted by Gasteiger charge is 2.36. The van der Waals surface area contributed by atoms with Gasteiger partial charge in [-0.1, -0.05) is 0 Å². The van der Waals surface area contributed by atoms with Crippen molar-refractivity contribution in [2.75, 3.05) is 6.54 Å². The van der Waals surface area contributed by atoms with Gasteiger partial charge in [-0.3, -0.25) is 4.68 Å². The maximum Gasteiger partial charge on any atom is 0.436 e. The van der Waals surface area contributed by atoms with Gasteiger partial charge in [0.05, 0.1) is 4.47 Å². The van der Waals surface area contributed by atoms with Gasteiger partial charge in [0.1, 0.15) is 0 Å². The Balaban J connectivity index is 2.83. The molecule has 0 unspecified atom stereocenters. The Morgan fingerprint density at radius 3 is 2.57 bits per heavy atom. The smallest absolute Gasteiger partial charge is 0.330 e. The first-order chi connectivity index (χ1) is 6.45. The van der Waals surface area contributed by atoms with Crippen molar-refractivity contribution in [2.45, 2.75) is 19.1 Å². The molecule has 0 atom stereocenters. The van der Waals surface area contributed by atoms with Gasteiger partial charge in [-0.25, -0.2) is 0 Å². The zero-order valence-corrected chi connectivity index (χ0v) is 8.77. The molecule has 0 aliphatic carbocycles. The Hall–Kier alpha value is -0.560. The van der Waals surface area contributed by atoms with E-state index in [4.69, 9.17) is 5.73 Å². The van der Waals surface area contributed by atoms with Crippen molar-refractivity contribution in [3.63, 3.8) is 0 Å². The average Bonchev–Trinajstić information content (AvgIpc) is 2.42. The predicted molar refractivity (Wildman–Crippen MR) is 48.6 cm³/mol. The van der Waals surface area contributed by atoms with Crippen LogP contribution in [0.3, 0.4) is 0 Å². The number of aromatic nitrogens is 2. The number of hydrogen-bond donors (Lipinski definition) is 1. The summed E-state index contributed by atoms with van der Waals surface area (Å²) in [5.41, 5.74) is 4.34. The third-order valence-electron chi connectivity index (χ3n) is 1.58. The van der Waals surface area contributed by atoms with Crippen LogP contribution in [0.1, 0.15) is 12.1 Å².